The molecular weight excluding hydrogens is 372 g/mol. The van der Waals surface area contributed by atoms with Crippen LogP contribution < -0.4 is 0 Å². The van der Waals surface area contributed by atoms with E-state index in [0.29, 0.717) is 19.3 Å². The van der Waals surface area contributed by atoms with Crippen LogP contribution in [0.15, 0.2) is 0 Å². The zero-order valence-corrected chi connectivity index (χ0v) is 18.8. The maximum Gasteiger partial charge on any atom is 0.306 e. The number of rotatable bonds is 19. The van der Waals surface area contributed by atoms with Crippen LogP contribution in [0.5, 0.6) is 0 Å². The van der Waals surface area contributed by atoms with Gasteiger partial charge in [0, 0.05) is 19.3 Å². The molecule has 0 bridgehead atoms. The van der Waals surface area contributed by atoms with E-state index in [4.69, 9.17) is 14.2 Å². The largest absolute Gasteiger partial charge is 0.462 e. The van der Waals surface area contributed by atoms with Crippen molar-refractivity contribution >= 4 is 17.9 Å². The highest BCUT2D eigenvalue weighted by molar-refractivity contribution is 5.71. The molecule has 0 atom stereocenters. The smallest absolute Gasteiger partial charge is 0.306 e. The zero-order valence-electron chi connectivity index (χ0n) is 18.8. The maximum atomic E-state index is 11.9. The molecule has 0 aliphatic rings. The minimum Gasteiger partial charge on any atom is -0.462 e. The molecule has 0 saturated heterocycles. The van der Waals surface area contributed by atoms with E-state index >= 15 is 0 Å². The summed E-state index contributed by atoms with van der Waals surface area (Å²) in [5.74, 6) is -0.982. The van der Waals surface area contributed by atoms with Crippen LogP contribution in [0, 0.1) is 0 Å². The molecule has 0 unspecified atom stereocenters. The predicted octanol–water partition coefficient (Wildman–Crippen LogP) is 5.51. The second-order valence-corrected chi connectivity index (χ2v) is 7.56. The topological polar surface area (TPSA) is 78.9 Å². The molecule has 0 radical (unpaired) electrons. The molecule has 0 aromatic heterocycles. The average Bonchev–Trinajstić information content (AvgIpc) is 2.69. The van der Waals surface area contributed by atoms with Gasteiger partial charge in [-0.15, -0.1) is 0 Å². The summed E-state index contributed by atoms with van der Waals surface area (Å²) in [5, 5.41) is 0. The molecule has 6 heteroatoms. The van der Waals surface area contributed by atoms with Crippen LogP contribution in [0.4, 0.5) is 0 Å². The monoisotopic (exact) mass is 414 g/mol. The van der Waals surface area contributed by atoms with Gasteiger partial charge < -0.3 is 14.2 Å². The summed E-state index contributed by atoms with van der Waals surface area (Å²) in [6.45, 7) is 6.02. The van der Waals surface area contributed by atoms with Crippen molar-refractivity contribution in [1.82, 2.24) is 0 Å². The first-order valence-corrected chi connectivity index (χ1v) is 11.5. The Morgan fingerprint density at radius 1 is 0.552 bits per heavy atom. The maximum absolute atomic E-state index is 11.9. The van der Waals surface area contributed by atoms with E-state index in [1.807, 2.05) is 6.92 Å². The fourth-order valence-corrected chi connectivity index (χ4v) is 2.83. The third kappa shape index (κ3) is 18.2. The Morgan fingerprint density at radius 3 is 1.41 bits per heavy atom. The highest BCUT2D eigenvalue weighted by atomic mass is 16.6. The Morgan fingerprint density at radius 2 is 1.00 bits per heavy atom. The molecule has 0 saturated carbocycles. The van der Waals surface area contributed by atoms with E-state index in [-0.39, 0.29) is 37.5 Å². The Bertz CT molecular complexity index is 405. The van der Waals surface area contributed by atoms with Crippen LogP contribution in [-0.2, 0) is 28.6 Å². The summed E-state index contributed by atoms with van der Waals surface area (Å²) in [6.07, 6.45) is 11.4. The van der Waals surface area contributed by atoms with Gasteiger partial charge in [0.2, 0.25) is 0 Å². The quantitative estimate of drug-likeness (QED) is 0.158. The Hall–Kier alpha value is -1.59. The van der Waals surface area contributed by atoms with Gasteiger partial charge in [0.15, 0.2) is 6.10 Å². The van der Waals surface area contributed by atoms with E-state index in [1.165, 1.54) is 12.8 Å². The highest BCUT2D eigenvalue weighted by Crippen LogP contribution is 2.09. The van der Waals surface area contributed by atoms with E-state index in [9.17, 15) is 14.4 Å². The van der Waals surface area contributed by atoms with E-state index in [1.54, 1.807) is 0 Å². The van der Waals surface area contributed by atoms with Gasteiger partial charge in [0.05, 0.1) is 0 Å². The Kier molecular flexibility index (Phi) is 18.6. The van der Waals surface area contributed by atoms with Gasteiger partial charge in [-0.1, -0.05) is 72.1 Å². The Balaban J connectivity index is 4.21. The van der Waals surface area contributed by atoms with Crippen LogP contribution >= 0.6 is 0 Å². The van der Waals surface area contributed by atoms with Crippen molar-refractivity contribution < 1.29 is 28.6 Å². The van der Waals surface area contributed by atoms with Crippen LogP contribution in [0.25, 0.3) is 0 Å². The zero-order chi connectivity index (χ0) is 21.7. The second kappa shape index (κ2) is 19.7. The molecular formula is C23H42O6. The van der Waals surface area contributed by atoms with Crippen molar-refractivity contribution in [2.24, 2.45) is 0 Å². The summed E-state index contributed by atoms with van der Waals surface area (Å²) >= 11 is 0. The lowest BCUT2D eigenvalue weighted by atomic mass is 10.1. The van der Waals surface area contributed by atoms with Crippen molar-refractivity contribution in [3.05, 3.63) is 0 Å². The first kappa shape index (κ1) is 27.4. The number of unbranched alkanes of at least 4 members (excludes halogenated alkanes) is 8. The second-order valence-electron chi connectivity index (χ2n) is 7.56. The van der Waals surface area contributed by atoms with E-state index < -0.39 is 6.10 Å². The van der Waals surface area contributed by atoms with Crippen molar-refractivity contribution in [1.29, 1.82) is 0 Å². The number of hydrogen-bond acceptors (Lipinski definition) is 6. The van der Waals surface area contributed by atoms with Gasteiger partial charge in [-0.25, -0.2) is 0 Å². The van der Waals surface area contributed by atoms with Gasteiger partial charge in [-0.3, -0.25) is 14.4 Å². The lowest BCUT2D eigenvalue weighted by Crippen LogP contribution is -2.30. The SMILES string of the molecule is CCCCCCCC(=O)OCC(COC(=O)CCCCCCC)OC(=O)CCC. The molecule has 0 spiro atoms. The molecule has 0 aliphatic carbocycles. The van der Waals surface area contributed by atoms with Crippen molar-refractivity contribution in [3.63, 3.8) is 0 Å². The molecule has 29 heavy (non-hydrogen) atoms. The van der Waals surface area contributed by atoms with Gasteiger partial charge >= 0.3 is 17.9 Å². The lowest BCUT2D eigenvalue weighted by Gasteiger charge is -2.18. The summed E-state index contributed by atoms with van der Waals surface area (Å²) in [5.41, 5.74) is 0. The fraction of sp³-hybridized carbons (Fsp3) is 0.870. The predicted molar refractivity (Wildman–Crippen MR) is 113 cm³/mol. The molecule has 6 nitrogen and oxygen atoms in total. The van der Waals surface area contributed by atoms with Crippen molar-refractivity contribution in [2.75, 3.05) is 13.2 Å². The van der Waals surface area contributed by atoms with E-state index in [2.05, 4.69) is 13.8 Å². The number of hydrogen-bond donors (Lipinski definition) is 0. The summed E-state index contributed by atoms with van der Waals surface area (Å²) in [6, 6.07) is 0. The number of carbonyl (C=O) groups excluding carboxylic acids is 3. The third-order valence-corrected chi connectivity index (χ3v) is 4.58. The summed E-state index contributed by atoms with van der Waals surface area (Å²) in [7, 11) is 0. The van der Waals surface area contributed by atoms with Crippen LogP contribution in [0.1, 0.15) is 111 Å². The first-order chi connectivity index (χ1) is 14.0. The highest BCUT2D eigenvalue weighted by Gasteiger charge is 2.19. The number of esters is 3. The molecule has 0 aromatic rings. The van der Waals surface area contributed by atoms with E-state index in [0.717, 1.165) is 51.4 Å². The lowest BCUT2D eigenvalue weighted by molar-refractivity contribution is -0.166. The van der Waals surface area contributed by atoms with Gasteiger partial charge in [-0.2, -0.15) is 0 Å². The van der Waals surface area contributed by atoms with Crippen LogP contribution in [0.2, 0.25) is 0 Å². The number of ether oxygens (including phenoxy) is 3. The minimum atomic E-state index is -0.748. The fourth-order valence-electron chi connectivity index (χ4n) is 2.83. The van der Waals surface area contributed by atoms with Crippen LogP contribution in [0.3, 0.4) is 0 Å². The van der Waals surface area contributed by atoms with Gasteiger partial charge in [-0.05, 0) is 19.3 Å². The molecule has 170 valence electrons. The van der Waals surface area contributed by atoms with Gasteiger partial charge in [0.1, 0.15) is 13.2 Å². The van der Waals surface area contributed by atoms with Crippen molar-refractivity contribution in [3.8, 4) is 0 Å². The Labute approximate surface area is 177 Å². The molecule has 0 aliphatic heterocycles. The normalized spacial score (nSPS) is 10.8. The molecule has 0 N–H and O–H groups in total. The summed E-state index contributed by atoms with van der Waals surface area (Å²) in [4.78, 5) is 35.6. The molecule has 0 heterocycles. The third-order valence-electron chi connectivity index (χ3n) is 4.58. The molecule has 0 fully saturated rings. The molecule has 0 rings (SSSR count). The first-order valence-electron chi connectivity index (χ1n) is 11.5. The van der Waals surface area contributed by atoms with Crippen LogP contribution in [-0.4, -0.2) is 37.2 Å². The minimum absolute atomic E-state index is 0.0764. The van der Waals surface area contributed by atoms with Crippen molar-refractivity contribution in [2.45, 2.75) is 117 Å². The summed E-state index contributed by atoms with van der Waals surface area (Å²) < 4.78 is 15.8. The molecule has 0 aromatic carbocycles. The average molecular weight is 415 g/mol. The number of carbonyl (C=O) groups is 3. The van der Waals surface area contributed by atoms with Gasteiger partial charge in [0.25, 0.3) is 0 Å². The molecule has 0 amide bonds. The standard InChI is InChI=1S/C23H42O6/c1-4-7-9-11-13-16-21(24)27-18-20(29-23(26)15-6-3)19-28-22(25)17-14-12-10-8-5-2/h20H,4-19H2,1-3H3.